The van der Waals surface area contributed by atoms with Gasteiger partial charge in [-0.3, -0.25) is 9.89 Å². The van der Waals surface area contributed by atoms with Crippen LogP contribution in [0.15, 0.2) is 18.2 Å². The van der Waals surface area contributed by atoms with Crippen molar-refractivity contribution < 1.29 is 27.4 Å². The van der Waals surface area contributed by atoms with Crippen molar-refractivity contribution in [3.8, 4) is 11.6 Å². The van der Waals surface area contributed by atoms with Crippen LogP contribution in [0.1, 0.15) is 6.92 Å². The highest BCUT2D eigenvalue weighted by Gasteiger charge is 2.31. The van der Waals surface area contributed by atoms with Crippen LogP contribution in [0.3, 0.4) is 0 Å². The maximum absolute atomic E-state index is 12.0. The summed E-state index contributed by atoms with van der Waals surface area (Å²) in [6.07, 6.45) is -4.78. The Kier molecular flexibility index (Phi) is 2.85. The molecule has 0 spiro atoms. The Labute approximate surface area is 98.5 Å². The van der Waals surface area contributed by atoms with E-state index in [0.29, 0.717) is 5.52 Å². The number of nitrogens with one attached hydrogen (secondary N) is 1. The van der Waals surface area contributed by atoms with Gasteiger partial charge in [0.05, 0.1) is 10.9 Å². The molecule has 8 heteroatoms. The number of esters is 1. The molecule has 1 N–H and O–H groups in total. The number of alkyl halides is 3. The molecule has 96 valence electrons. The largest absolute Gasteiger partial charge is 0.573 e. The number of rotatable bonds is 2. The number of halogens is 3. The minimum absolute atomic E-state index is 0.0925. The molecule has 2 rings (SSSR count). The number of aromatic amines is 1. The van der Waals surface area contributed by atoms with Crippen LogP contribution in [0.5, 0.6) is 11.6 Å². The normalized spacial score (nSPS) is 11.6. The summed E-state index contributed by atoms with van der Waals surface area (Å²) >= 11 is 0. The molecule has 0 atom stereocenters. The first-order valence-electron chi connectivity index (χ1n) is 4.77. The molecule has 0 saturated heterocycles. The molecule has 0 aliphatic carbocycles. The Morgan fingerprint density at radius 1 is 1.39 bits per heavy atom. The van der Waals surface area contributed by atoms with Gasteiger partial charge in [0, 0.05) is 6.92 Å². The Morgan fingerprint density at radius 2 is 2.11 bits per heavy atom. The van der Waals surface area contributed by atoms with Crippen molar-refractivity contribution in [3.05, 3.63) is 18.2 Å². The van der Waals surface area contributed by atoms with E-state index in [1.807, 2.05) is 0 Å². The van der Waals surface area contributed by atoms with E-state index in [9.17, 15) is 18.0 Å². The molecular formula is C10H7F3N2O3. The quantitative estimate of drug-likeness (QED) is 0.842. The van der Waals surface area contributed by atoms with E-state index in [1.54, 1.807) is 0 Å². The molecule has 0 fully saturated rings. The van der Waals surface area contributed by atoms with Gasteiger partial charge in [-0.15, -0.1) is 18.3 Å². The van der Waals surface area contributed by atoms with Gasteiger partial charge in [-0.2, -0.15) is 0 Å². The molecule has 1 heterocycles. The lowest BCUT2D eigenvalue weighted by Crippen LogP contribution is -2.16. The van der Waals surface area contributed by atoms with Crippen LogP contribution in [0.2, 0.25) is 0 Å². The van der Waals surface area contributed by atoms with E-state index >= 15 is 0 Å². The number of benzene rings is 1. The highest BCUT2D eigenvalue weighted by molar-refractivity contribution is 5.87. The third-order valence-electron chi connectivity index (χ3n) is 1.97. The zero-order valence-electron chi connectivity index (χ0n) is 9.04. The number of nitrogens with zero attached hydrogens (tertiary/aromatic N) is 1. The van der Waals surface area contributed by atoms with Gasteiger partial charge >= 0.3 is 12.3 Å². The van der Waals surface area contributed by atoms with Crippen molar-refractivity contribution in [3.63, 3.8) is 0 Å². The van der Waals surface area contributed by atoms with Crippen molar-refractivity contribution >= 4 is 16.9 Å². The average molecular weight is 260 g/mol. The van der Waals surface area contributed by atoms with Gasteiger partial charge in [0.25, 0.3) is 0 Å². The molecule has 2 aromatic rings. The van der Waals surface area contributed by atoms with Gasteiger partial charge in [-0.25, -0.2) is 0 Å². The molecule has 1 aromatic carbocycles. The molecule has 0 aliphatic rings. The van der Waals surface area contributed by atoms with Gasteiger partial charge in [0.1, 0.15) is 5.75 Å². The number of hydrogen-bond donors (Lipinski definition) is 1. The molecular weight excluding hydrogens is 253 g/mol. The molecule has 0 saturated carbocycles. The number of hydrogen-bond acceptors (Lipinski definition) is 4. The molecule has 0 unspecified atom stereocenters. The van der Waals surface area contributed by atoms with Gasteiger partial charge in [0.15, 0.2) is 0 Å². The van der Waals surface area contributed by atoms with Crippen LogP contribution >= 0.6 is 0 Å². The Balaban J connectivity index is 2.39. The molecule has 0 amide bonds. The Morgan fingerprint density at radius 3 is 2.72 bits per heavy atom. The summed E-state index contributed by atoms with van der Waals surface area (Å²) < 4.78 is 44.6. The second-order valence-electron chi connectivity index (χ2n) is 3.38. The summed E-state index contributed by atoms with van der Waals surface area (Å²) in [7, 11) is 0. The van der Waals surface area contributed by atoms with Gasteiger partial charge < -0.3 is 9.47 Å². The third-order valence-corrected chi connectivity index (χ3v) is 1.97. The fourth-order valence-corrected chi connectivity index (χ4v) is 1.38. The second kappa shape index (κ2) is 4.21. The van der Waals surface area contributed by atoms with Crippen LogP contribution in [-0.2, 0) is 4.79 Å². The minimum Gasteiger partial charge on any atom is -0.406 e. The standard InChI is InChI=1S/C10H7F3N2O3/c1-5(16)17-9-7-4-6(18-10(11,12)13)2-3-8(7)14-15-9/h2-4H,1H3,(H,14,15). The maximum Gasteiger partial charge on any atom is 0.573 e. The van der Waals surface area contributed by atoms with E-state index in [0.717, 1.165) is 19.1 Å². The second-order valence-corrected chi connectivity index (χ2v) is 3.38. The number of H-pyrrole nitrogens is 1. The van der Waals surface area contributed by atoms with Crippen LogP contribution < -0.4 is 9.47 Å². The predicted octanol–water partition coefficient (Wildman–Crippen LogP) is 2.39. The summed E-state index contributed by atoms with van der Waals surface area (Å²) in [5, 5.41) is 6.42. The lowest BCUT2D eigenvalue weighted by atomic mass is 10.2. The fraction of sp³-hybridized carbons (Fsp3) is 0.200. The van der Waals surface area contributed by atoms with Gasteiger partial charge in [-0.1, -0.05) is 0 Å². The molecule has 1 aromatic heterocycles. The summed E-state index contributed by atoms with van der Waals surface area (Å²) in [5.74, 6) is -1.12. The molecule has 5 nitrogen and oxygen atoms in total. The lowest BCUT2D eigenvalue weighted by molar-refractivity contribution is -0.274. The summed E-state index contributed by atoms with van der Waals surface area (Å²) in [6.45, 7) is 1.16. The number of ether oxygens (including phenoxy) is 2. The SMILES string of the molecule is CC(=O)Oc1n[nH]c2ccc(OC(F)(F)F)cc12. The zero-order valence-corrected chi connectivity index (χ0v) is 9.04. The first-order chi connectivity index (χ1) is 8.35. The summed E-state index contributed by atoms with van der Waals surface area (Å²) in [5.41, 5.74) is 0.431. The van der Waals surface area contributed by atoms with Crippen LogP contribution in [-0.4, -0.2) is 22.5 Å². The number of carbonyl (C=O) groups is 1. The smallest absolute Gasteiger partial charge is 0.406 e. The van der Waals surface area contributed by atoms with E-state index in [1.165, 1.54) is 6.07 Å². The van der Waals surface area contributed by atoms with Crippen molar-refractivity contribution in [2.75, 3.05) is 0 Å². The summed E-state index contributed by atoms with van der Waals surface area (Å²) in [4.78, 5) is 10.8. The predicted molar refractivity (Wildman–Crippen MR) is 54.1 cm³/mol. The number of carbonyl (C=O) groups excluding carboxylic acids is 1. The lowest BCUT2D eigenvalue weighted by Gasteiger charge is -2.08. The molecule has 18 heavy (non-hydrogen) atoms. The monoisotopic (exact) mass is 260 g/mol. The molecule has 0 bridgehead atoms. The first kappa shape index (κ1) is 12.2. The van der Waals surface area contributed by atoms with Gasteiger partial charge in [0.2, 0.25) is 5.88 Å². The van der Waals surface area contributed by atoms with Crippen molar-refractivity contribution in [1.29, 1.82) is 0 Å². The highest BCUT2D eigenvalue weighted by Crippen LogP contribution is 2.29. The van der Waals surface area contributed by atoms with E-state index in [-0.39, 0.29) is 11.3 Å². The van der Waals surface area contributed by atoms with Crippen molar-refractivity contribution in [1.82, 2.24) is 10.2 Å². The van der Waals surface area contributed by atoms with E-state index in [2.05, 4.69) is 14.9 Å². The summed E-state index contributed by atoms with van der Waals surface area (Å²) in [6, 6.07) is 3.56. The van der Waals surface area contributed by atoms with E-state index in [4.69, 9.17) is 4.74 Å². The number of aromatic nitrogens is 2. The van der Waals surface area contributed by atoms with Crippen molar-refractivity contribution in [2.24, 2.45) is 0 Å². The minimum atomic E-state index is -4.78. The maximum atomic E-state index is 12.0. The van der Waals surface area contributed by atoms with Crippen LogP contribution in [0.4, 0.5) is 13.2 Å². The first-order valence-corrected chi connectivity index (χ1v) is 4.77. The van der Waals surface area contributed by atoms with Crippen molar-refractivity contribution in [2.45, 2.75) is 13.3 Å². The van der Waals surface area contributed by atoms with Gasteiger partial charge in [-0.05, 0) is 18.2 Å². The zero-order chi connectivity index (χ0) is 13.3. The number of fused-ring (bicyclic) bond motifs is 1. The molecule has 0 radical (unpaired) electrons. The highest BCUT2D eigenvalue weighted by atomic mass is 19.4. The average Bonchev–Trinajstić information content (AvgIpc) is 2.58. The molecule has 0 aliphatic heterocycles. The Hall–Kier alpha value is -2.25. The topological polar surface area (TPSA) is 64.2 Å². The Bertz CT molecular complexity index is 592. The fourth-order valence-electron chi connectivity index (χ4n) is 1.38. The van der Waals surface area contributed by atoms with E-state index < -0.39 is 18.1 Å². The third kappa shape index (κ3) is 2.70. The van der Waals surface area contributed by atoms with Crippen LogP contribution in [0.25, 0.3) is 10.9 Å². The van der Waals surface area contributed by atoms with Crippen LogP contribution in [0, 0.1) is 0 Å².